The second-order valence-electron chi connectivity index (χ2n) is 5.27. The van der Waals surface area contributed by atoms with Gasteiger partial charge in [0.05, 0.1) is 18.4 Å². The lowest BCUT2D eigenvalue weighted by molar-refractivity contribution is 0.0619. The van der Waals surface area contributed by atoms with Crippen molar-refractivity contribution in [2.75, 3.05) is 26.2 Å². The molecule has 22 heavy (non-hydrogen) atoms. The van der Waals surface area contributed by atoms with Crippen molar-refractivity contribution >= 4 is 40.1 Å². The van der Waals surface area contributed by atoms with E-state index in [-0.39, 0.29) is 5.91 Å². The Labute approximate surface area is 148 Å². The highest BCUT2D eigenvalue weighted by Crippen LogP contribution is 2.20. The van der Waals surface area contributed by atoms with Gasteiger partial charge in [-0.1, -0.05) is 11.6 Å². The summed E-state index contributed by atoms with van der Waals surface area (Å²) in [5, 5.41) is 0.657. The van der Waals surface area contributed by atoms with Crippen LogP contribution in [0.15, 0.2) is 41.0 Å². The van der Waals surface area contributed by atoms with Crippen LogP contribution in [0.4, 0.5) is 0 Å². The average Bonchev–Trinajstić information content (AvgIpc) is 3.00. The lowest BCUT2D eigenvalue weighted by Crippen LogP contribution is -2.48. The van der Waals surface area contributed by atoms with Gasteiger partial charge in [-0.2, -0.15) is 0 Å². The summed E-state index contributed by atoms with van der Waals surface area (Å²) in [5.41, 5.74) is 0.726. The van der Waals surface area contributed by atoms with E-state index >= 15 is 0 Å². The molecule has 1 aliphatic heterocycles. The first-order chi connectivity index (χ1) is 10.6. The van der Waals surface area contributed by atoms with E-state index in [0.717, 1.165) is 47.6 Å². The highest BCUT2D eigenvalue weighted by molar-refractivity contribution is 14.1. The Morgan fingerprint density at radius 1 is 1.23 bits per heavy atom. The summed E-state index contributed by atoms with van der Waals surface area (Å²) in [6, 6.07) is 9.28. The lowest BCUT2D eigenvalue weighted by atomic mass is 10.2. The highest BCUT2D eigenvalue weighted by atomic mass is 127. The van der Waals surface area contributed by atoms with Crippen LogP contribution in [0.25, 0.3) is 0 Å². The molecule has 1 amide bonds. The molecule has 1 fully saturated rings. The van der Waals surface area contributed by atoms with E-state index in [1.165, 1.54) is 0 Å². The van der Waals surface area contributed by atoms with Gasteiger partial charge >= 0.3 is 0 Å². The van der Waals surface area contributed by atoms with Crippen LogP contribution >= 0.6 is 34.2 Å². The van der Waals surface area contributed by atoms with Gasteiger partial charge in [-0.15, -0.1) is 0 Å². The van der Waals surface area contributed by atoms with Crippen LogP contribution in [0.2, 0.25) is 5.02 Å². The Bertz CT molecular complexity index is 652. The molecule has 1 saturated heterocycles. The smallest absolute Gasteiger partial charge is 0.255 e. The van der Waals surface area contributed by atoms with Crippen molar-refractivity contribution in [3.05, 3.63) is 56.5 Å². The first-order valence-corrected chi connectivity index (χ1v) is 8.58. The van der Waals surface area contributed by atoms with E-state index in [1.54, 1.807) is 12.3 Å². The minimum atomic E-state index is 0.0821. The number of amides is 1. The van der Waals surface area contributed by atoms with Crippen LogP contribution in [-0.2, 0) is 6.54 Å². The van der Waals surface area contributed by atoms with Gasteiger partial charge in [-0.05, 0) is 52.9 Å². The molecule has 2 heterocycles. The molecule has 1 aromatic heterocycles. The van der Waals surface area contributed by atoms with Crippen LogP contribution in [0, 0.1) is 3.57 Å². The topological polar surface area (TPSA) is 36.7 Å². The Hall–Kier alpha value is -1.05. The fraction of sp³-hybridized carbons (Fsp3) is 0.312. The Morgan fingerprint density at radius 3 is 2.64 bits per heavy atom. The molecule has 0 spiro atoms. The van der Waals surface area contributed by atoms with Gasteiger partial charge in [-0.3, -0.25) is 9.69 Å². The molecule has 1 aliphatic rings. The zero-order chi connectivity index (χ0) is 15.5. The Morgan fingerprint density at radius 2 is 2.00 bits per heavy atom. The van der Waals surface area contributed by atoms with Crippen molar-refractivity contribution in [3.8, 4) is 0 Å². The summed E-state index contributed by atoms with van der Waals surface area (Å²) in [6.07, 6.45) is 1.69. The number of carbonyl (C=O) groups excluding carboxylic acids is 1. The summed E-state index contributed by atoms with van der Waals surface area (Å²) in [4.78, 5) is 16.8. The molecule has 3 rings (SSSR count). The molecule has 6 heteroatoms. The Kier molecular flexibility index (Phi) is 5.05. The van der Waals surface area contributed by atoms with E-state index in [9.17, 15) is 4.79 Å². The number of hydrogen-bond donors (Lipinski definition) is 0. The minimum Gasteiger partial charge on any atom is -0.468 e. The molecule has 116 valence electrons. The van der Waals surface area contributed by atoms with Crippen LogP contribution < -0.4 is 0 Å². The van der Waals surface area contributed by atoms with E-state index in [2.05, 4.69) is 27.5 Å². The highest BCUT2D eigenvalue weighted by Gasteiger charge is 2.23. The molecule has 4 nitrogen and oxygen atoms in total. The maximum Gasteiger partial charge on any atom is 0.255 e. The number of benzene rings is 1. The van der Waals surface area contributed by atoms with Crippen molar-refractivity contribution < 1.29 is 9.21 Å². The van der Waals surface area contributed by atoms with Crippen LogP contribution in [0.3, 0.4) is 0 Å². The number of nitrogens with zero attached hydrogens (tertiary/aromatic N) is 2. The fourth-order valence-electron chi connectivity index (χ4n) is 2.57. The van der Waals surface area contributed by atoms with Gasteiger partial charge in [0.1, 0.15) is 5.76 Å². The monoisotopic (exact) mass is 430 g/mol. The molecule has 0 radical (unpaired) electrons. The Balaban J connectivity index is 1.60. The van der Waals surface area contributed by atoms with Gasteiger partial charge in [0.15, 0.2) is 0 Å². The number of piperazine rings is 1. The number of carbonyl (C=O) groups is 1. The predicted octanol–water partition coefficient (Wildman–Crippen LogP) is 3.50. The summed E-state index contributed by atoms with van der Waals surface area (Å²) in [7, 11) is 0. The standard InChI is InChI=1S/C16H16ClIN2O2/c17-12-3-4-14(15(18)10-12)16(21)20-7-5-19(6-8-20)11-13-2-1-9-22-13/h1-4,9-10H,5-8,11H2. The van der Waals surface area contributed by atoms with Gasteiger partial charge in [0.2, 0.25) is 0 Å². The molecule has 1 aromatic carbocycles. The number of rotatable bonds is 3. The SMILES string of the molecule is O=C(c1ccc(Cl)cc1I)N1CCN(Cc2ccco2)CC1. The summed E-state index contributed by atoms with van der Waals surface area (Å²) in [6.45, 7) is 3.98. The van der Waals surface area contributed by atoms with Crippen molar-refractivity contribution in [3.63, 3.8) is 0 Å². The largest absolute Gasteiger partial charge is 0.468 e. The molecule has 0 unspecified atom stereocenters. The van der Waals surface area contributed by atoms with E-state index in [1.807, 2.05) is 29.2 Å². The van der Waals surface area contributed by atoms with Crippen molar-refractivity contribution in [1.29, 1.82) is 0 Å². The minimum absolute atomic E-state index is 0.0821. The maximum atomic E-state index is 12.6. The molecule has 0 aliphatic carbocycles. The summed E-state index contributed by atoms with van der Waals surface area (Å²) < 4.78 is 6.27. The summed E-state index contributed by atoms with van der Waals surface area (Å²) in [5.74, 6) is 1.05. The molecular formula is C16H16ClIN2O2. The number of halogens is 2. The molecule has 0 bridgehead atoms. The van der Waals surface area contributed by atoms with E-state index in [0.29, 0.717) is 5.02 Å². The molecule has 0 N–H and O–H groups in total. The fourth-order valence-corrected chi connectivity index (χ4v) is 3.67. The molecule has 0 saturated carbocycles. The third kappa shape index (κ3) is 3.64. The normalized spacial score (nSPS) is 16.0. The quantitative estimate of drug-likeness (QED) is 0.700. The van der Waals surface area contributed by atoms with Crippen LogP contribution in [0.1, 0.15) is 16.1 Å². The third-order valence-corrected chi connectivity index (χ3v) is 4.91. The van der Waals surface area contributed by atoms with Crippen molar-refractivity contribution in [2.45, 2.75) is 6.54 Å². The first-order valence-electron chi connectivity index (χ1n) is 7.12. The van der Waals surface area contributed by atoms with Gasteiger partial charge < -0.3 is 9.32 Å². The molecular weight excluding hydrogens is 415 g/mol. The predicted molar refractivity (Wildman–Crippen MR) is 94.1 cm³/mol. The second kappa shape index (κ2) is 7.02. The second-order valence-corrected chi connectivity index (χ2v) is 6.87. The van der Waals surface area contributed by atoms with Gasteiger partial charge in [0, 0.05) is 34.8 Å². The van der Waals surface area contributed by atoms with E-state index in [4.69, 9.17) is 16.0 Å². The first kappa shape index (κ1) is 15.8. The van der Waals surface area contributed by atoms with Crippen molar-refractivity contribution in [1.82, 2.24) is 9.80 Å². The zero-order valence-corrected chi connectivity index (χ0v) is 14.9. The van der Waals surface area contributed by atoms with Crippen LogP contribution in [0.5, 0.6) is 0 Å². The van der Waals surface area contributed by atoms with E-state index < -0.39 is 0 Å². The molecule has 2 aromatic rings. The maximum absolute atomic E-state index is 12.6. The number of furan rings is 1. The zero-order valence-electron chi connectivity index (χ0n) is 12.0. The lowest BCUT2D eigenvalue weighted by Gasteiger charge is -2.34. The van der Waals surface area contributed by atoms with Crippen molar-refractivity contribution in [2.24, 2.45) is 0 Å². The van der Waals surface area contributed by atoms with Gasteiger partial charge in [-0.25, -0.2) is 0 Å². The summed E-state index contributed by atoms with van der Waals surface area (Å²) >= 11 is 8.11. The van der Waals surface area contributed by atoms with Crippen LogP contribution in [-0.4, -0.2) is 41.9 Å². The third-order valence-electron chi connectivity index (χ3n) is 3.78. The number of hydrogen-bond acceptors (Lipinski definition) is 3. The average molecular weight is 431 g/mol. The molecule has 0 atom stereocenters. The van der Waals surface area contributed by atoms with Gasteiger partial charge in [0.25, 0.3) is 5.91 Å².